The Balaban J connectivity index is 2.16. The van der Waals surface area contributed by atoms with E-state index in [1.54, 1.807) is 12.1 Å². The van der Waals surface area contributed by atoms with Crippen LogP contribution in [0.3, 0.4) is 0 Å². The van der Waals surface area contributed by atoms with Crippen LogP contribution in [0.4, 0.5) is 15.8 Å². The van der Waals surface area contributed by atoms with Crippen LogP contribution in [0.25, 0.3) is 0 Å². The van der Waals surface area contributed by atoms with E-state index in [2.05, 4.69) is 24.4 Å². The highest BCUT2D eigenvalue weighted by molar-refractivity contribution is 5.60. The lowest BCUT2D eigenvalue weighted by atomic mass is 10.1. The molecule has 0 saturated heterocycles. The fourth-order valence-corrected chi connectivity index (χ4v) is 1.57. The first kappa shape index (κ1) is 10.7. The number of nitrogens with one attached hydrogen (secondary N) is 1. The van der Waals surface area contributed by atoms with E-state index in [4.69, 9.17) is 0 Å². The Hall–Kier alpha value is -1.83. The molecule has 0 fully saturated rings. The van der Waals surface area contributed by atoms with E-state index in [0.29, 0.717) is 0 Å². The van der Waals surface area contributed by atoms with Crippen molar-refractivity contribution >= 4 is 11.4 Å². The molecule has 0 amide bonds. The van der Waals surface area contributed by atoms with Gasteiger partial charge in [0.1, 0.15) is 5.82 Å². The first-order valence-electron chi connectivity index (χ1n) is 5.39. The second-order valence-corrected chi connectivity index (χ2v) is 3.69. The molecule has 0 aromatic heterocycles. The Bertz CT molecular complexity index is 462. The molecule has 1 N–H and O–H groups in total. The summed E-state index contributed by atoms with van der Waals surface area (Å²) in [6, 6.07) is 14.6. The maximum Gasteiger partial charge on any atom is 0.123 e. The van der Waals surface area contributed by atoms with Crippen molar-refractivity contribution in [1.29, 1.82) is 0 Å². The van der Waals surface area contributed by atoms with Gasteiger partial charge in [-0.25, -0.2) is 4.39 Å². The largest absolute Gasteiger partial charge is 0.356 e. The smallest absolute Gasteiger partial charge is 0.123 e. The first-order chi connectivity index (χ1) is 7.78. The van der Waals surface area contributed by atoms with Gasteiger partial charge < -0.3 is 5.32 Å². The Morgan fingerprint density at radius 2 is 1.75 bits per heavy atom. The molecule has 0 saturated carbocycles. The molecule has 1 nitrogen and oxygen atoms in total. The molecule has 0 aliphatic rings. The van der Waals surface area contributed by atoms with Crippen LogP contribution in [0, 0.1) is 5.82 Å². The lowest BCUT2D eigenvalue weighted by Gasteiger charge is -2.07. The molecule has 2 aromatic carbocycles. The van der Waals surface area contributed by atoms with Gasteiger partial charge in [-0.1, -0.05) is 19.1 Å². The topological polar surface area (TPSA) is 12.0 Å². The van der Waals surface area contributed by atoms with E-state index in [-0.39, 0.29) is 5.82 Å². The fraction of sp³-hybridized carbons (Fsp3) is 0.143. The Kier molecular flexibility index (Phi) is 3.20. The summed E-state index contributed by atoms with van der Waals surface area (Å²) in [5, 5.41) is 3.24. The number of rotatable bonds is 3. The van der Waals surface area contributed by atoms with Crippen LogP contribution < -0.4 is 5.32 Å². The molecule has 82 valence electrons. The van der Waals surface area contributed by atoms with Gasteiger partial charge in [0.2, 0.25) is 0 Å². The average Bonchev–Trinajstić information content (AvgIpc) is 2.32. The van der Waals surface area contributed by atoms with Crippen molar-refractivity contribution in [2.24, 2.45) is 0 Å². The van der Waals surface area contributed by atoms with Crippen LogP contribution in [0.15, 0.2) is 48.5 Å². The van der Waals surface area contributed by atoms with Crippen LogP contribution in [0.5, 0.6) is 0 Å². The number of benzene rings is 2. The highest BCUT2D eigenvalue weighted by Gasteiger charge is 1.96. The van der Waals surface area contributed by atoms with Crippen molar-refractivity contribution in [3.8, 4) is 0 Å². The number of hydrogen-bond donors (Lipinski definition) is 1. The van der Waals surface area contributed by atoms with Crippen molar-refractivity contribution < 1.29 is 4.39 Å². The minimum Gasteiger partial charge on any atom is -0.356 e. The van der Waals surface area contributed by atoms with Crippen molar-refractivity contribution in [3.05, 3.63) is 59.9 Å². The number of aryl methyl sites for hydroxylation is 1. The molecule has 0 heterocycles. The SMILES string of the molecule is CCc1cccc(Nc2ccc(F)cc2)c1. The third-order valence-electron chi connectivity index (χ3n) is 2.47. The average molecular weight is 215 g/mol. The Morgan fingerprint density at radius 3 is 2.44 bits per heavy atom. The van der Waals surface area contributed by atoms with Gasteiger partial charge in [-0.2, -0.15) is 0 Å². The second-order valence-electron chi connectivity index (χ2n) is 3.69. The van der Waals surface area contributed by atoms with Gasteiger partial charge in [0.15, 0.2) is 0 Å². The van der Waals surface area contributed by atoms with E-state index >= 15 is 0 Å². The van der Waals surface area contributed by atoms with Gasteiger partial charge in [0.05, 0.1) is 0 Å². The molecule has 2 heteroatoms. The predicted octanol–water partition coefficient (Wildman–Crippen LogP) is 4.13. The van der Waals surface area contributed by atoms with E-state index in [9.17, 15) is 4.39 Å². The van der Waals surface area contributed by atoms with Gasteiger partial charge in [-0.05, 0) is 48.4 Å². The summed E-state index contributed by atoms with van der Waals surface area (Å²) < 4.78 is 12.7. The van der Waals surface area contributed by atoms with Gasteiger partial charge in [-0.15, -0.1) is 0 Å². The number of hydrogen-bond acceptors (Lipinski definition) is 1. The number of halogens is 1. The maximum atomic E-state index is 12.7. The first-order valence-corrected chi connectivity index (χ1v) is 5.39. The third kappa shape index (κ3) is 2.60. The summed E-state index contributed by atoms with van der Waals surface area (Å²) in [6.07, 6.45) is 1.01. The quantitative estimate of drug-likeness (QED) is 0.811. The van der Waals surface area contributed by atoms with Crippen LogP contribution in [-0.2, 0) is 6.42 Å². The molecule has 0 atom stereocenters. The maximum absolute atomic E-state index is 12.7. The molecule has 16 heavy (non-hydrogen) atoms. The van der Waals surface area contributed by atoms with Gasteiger partial charge >= 0.3 is 0 Å². The van der Waals surface area contributed by atoms with E-state index in [0.717, 1.165) is 17.8 Å². The minimum absolute atomic E-state index is 0.215. The Labute approximate surface area is 94.9 Å². The van der Waals surface area contributed by atoms with Crippen molar-refractivity contribution in [2.45, 2.75) is 13.3 Å². The monoisotopic (exact) mass is 215 g/mol. The zero-order chi connectivity index (χ0) is 11.4. The lowest BCUT2D eigenvalue weighted by Crippen LogP contribution is -1.91. The predicted molar refractivity (Wildman–Crippen MR) is 65.5 cm³/mol. The molecule has 0 aliphatic heterocycles. The van der Waals surface area contributed by atoms with Crippen LogP contribution in [0.2, 0.25) is 0 Å². The summed E-state index contributed by atoms with van der Waals surface area (Å²) in [6.45, 7) is 2.12. The normalized spacial score (nSPS) is 10.1. The van der Waals surface area contributed by atoms with Crippen LogP contribution in [-0.4, -0.2) is 0 Å². The van der Waals surface area contributed by atoms with Crippen molar-refractivity contribution in [2.75, 3.05) is 5.32 Å². The van der Waals surface area contributed by atoms with Crippen molar-refractivity contribution in [3.63, 3.8) is 0 Å². The highest BCUT2D eigenvalue weighted by Crippen LogP contribution is 2.18. The molecular weight excluding hydrogens is 201 g/mol. The summed E-state index contributed by atoms with van der Waals surface area (Å²) in [5.41, 5.74) is 3.22. The molecule has 0 radical (unpaired) electrons. The minimum atomic E-state index is -0.215. The van der Waals surface area contributed by atoms with Crippen LogP contribution >= 0.6 is 0 Å². The zero-order valence-electron chi connectivity index (χ0n) is 9.20. The van der Waals surface area contributed by atoms with Gasteiger partial charge in [-0.3, -0.25) is 0 Å². The molecule has 0 aliphatic carbocycles. The van der Waals surface area contributed by atoms with Gasteiger partial charge in [0.25, 0.3) is 0 Å². The third-order valence-corrected chi connectivity index (χ3v) is 2.47. The number of anilines is 2. The van der Waals surface area contributed by atoms with Gasteiger partial charge in [0, 0.05) is 11.4 Å². The summed E-state index contributed by atoms with van der Waals surface area (Å²) in [5.74, 6) is -0.215. The molecule has 2 aromatic rings. The summed E-state index contributed by atoms with van der Waals surface area (Å²) >= 11 is 0. The standard InChI is InChI=1S/C14H14FN/c1-2-11-4-3-5-14(10-11)16-13-8-6-12(15)7-9-13/h3-10,16H,2H2,1H3. The van der Waals surface area contributed by atoms with Crippen molar-refractivity contribution in [1.82, 2.24) is 0 Å². The molecule has 2 rings (SSSR count). The molecule has 0 unspecified atom stereocenters. The molecular formula is C14H14FN. The van der Waals surface area contributed by atoms with E-state index in [1.807, 2.05) is 12.1 Å². The Morgan fingerprint density at radius 1 is 1.00 bits per heavy atom. The lowest BCUT2D eigenvalue weighted by molar-refractivity contribution is 0.628. The molecule has 0 bridgehead atoms. The summed E-state index contributed by atoms with van der Waals surface area (Å²) in [4.78, 5) is 0. The zero-order valence-corrected chi connectivity index (χ0v) is 9.20. The summed E-state index contributed by atoms with van der Waals surface area (Å²) in [7, 11) is 0. The fourth-order valence-electron chi connectivity index (χ4n) is 1.57. The highest BCUT2D eigenvalue weighted by atomic mass is 19.1. The van der Waals surface area contributed by atoms with E-state index in [1.165, 1.54) is 17.7 Å². The van der Waals surface area contributed by atoms with Crippen LogP contribution in [0.1, 0.15) is 12.5 Å². The second kappa shape index (κ2) is 4.79. The molecule has 0 spiro atoms. The van der Waals surface area contributed by atoms with E-state index < -0.39 is 0 Å².